The number of benzene rings is 1. The molecule has 0 heterocycles. The van der Waals surface area contributed by atoms with E-state index in [1.165, 1.54) is 5.56 Å². The minimum Gasteiger partial charge on any atom is -0.484 e. The number of carbonyl (C=O) groups is 1. The molecule has 4 nitrogen and oxygen atoms in total. The van der Waals surface area contributed by atoms with Gasteiger partial charge in [-0.1, -0.05) is 17.7 Å². The highest BCUT2D eigenvalue weighted by Crippen LogP contribution is 2.18. The molecule has 1 rings (SSSR count). The van der Waals surface area contributed by atoms with Crippen molar-refractivity contribution in [2.24, 2.45) is 0 Å². The molecule has 2 N–H and O–H groups in total. The van der Waals surface area contributed by atoms with Crippen molar-refractivity contribution in [3.8, 4) is 5.75 Å². The highest BCUT2D eigenvalue weighted by Gasteiger charge is 2.19. The van der Waals surface area contributed by atoms with Gasteiger partial charge < -0.3 is 15.2 Å². The van der Waals surface area contributed by atoms with E-state index in [0.29, 0.717) is 6.42 Å². The number of aryl methyl sites for hydroxylation is 2. The Bertz CT molecular complexity index is 441. The fraction of sp³-hybridized carbons (Fsp3) is 0.533. The Kier molecular flexibility index (Phi) is 5.36. The minimum absolute atomic E-state index is 0.0151. The number of aliphatic hydroxyl groups excluding tert-OH is 1. The summed E-state index contributed by atoms with van der Waals surface area (Å²) in [5.41, 5.74) is 1.76. The van der Waals surface area contributed by atoms with Gasteiger partial charge in [0.25, 0.3) is 5.91 Å². The molecule has 0 aliphatic heterocycles. The lowest BCUT2D eigenvalue weighted by atomic mass is 10.0. The quantitative estimate of drug-likeness (QED) is 0.826. The van der Waals surface area contributed by atoms with E-state index in [1.807, 2.05) is 45.9 Å². The summed E-state index contributed by atoms with van der Waals surface area (Å²) in [5, 5.41) is 11.7. The van der Waals surface area contributed by atoms with Crippen molar-refractivity contribution in [3.63, 3.8) is 0 Å². The SMILES string of the molecule is Cc1ccc(OCC(=O)NC(C)(C)CCO)c(C)c1. The number of amides is 1. The summed E-state index contributed by atoms with van der Waals surface area (Å²) in [4.78, 5) is 11.8. The predicted molar refractivity (Wildman–Crippen MR) is 75.3 cm³/mol. The summed E-state index contributed by atoms with van der Waals surface area (Å²) in [5.74, 6) is 0.541. The summed E-state index contributed by atoms with van der Waals surface area (Å²) in [6, 6.07) is 5.84. The van der Waals surface area contributed by atoms with Crippen LogP contribution in [0.25, 0.3) is 0 Å². The molecule has 0 aliphatic carbocycles. The van der Waals surface area contributed by atoms with Crippen LogP contribution in [0.1, 0.15) is 31.4 Å². The number of carbonyl (C=O) groups excluding carboxylic acids is 1. The lowest BCUT2D eigenvalue weighted by Gasteiger charge is -2.25. The van der Waals surface area contributed by atoms with Gasteiger partial charge in [0.1, 0.15) is 5.75 Å². The maximum Gasteiger partial charge on any atom is 0.258 e. The lowest BCUT2D eigenvalue weighted by molar-refractivity contribution is -0.124. The molecule has 0 unspecified atom stereocenters. The van der Waals surface area contributed by atoms with Gasteiger partial charge in [0.2, 0.25) is 0 Å². The van der Waals surface area contributed by atoms with E-state index in [0.717, 1.165) is 11.3 Å². The van der Waals surface area contributed by atoms with Gasteiger partial charge in [0, 0.05) is 12.1 Å². The van der Waals surface area contributed by atoms with Crippen LogP contribution in [0.2, 0.25) is 0 Å². The van der Waals surface area contributed by atoms with Gasteiger partial charge in [0.05, 0.1) is 0 Å². The molecule has 0 fully saturated rings. The summed E-state index contributed by atoms with van der Waals surface area (Å²) < 4.78 is 5.50. The van der Waals surface area contributed by atoms with E-state index in [9.17, 15) is 4.79 Å². The van der Waals surface area contributed by atoms with Crippen molar-refractivity contribution in [1.29, 1.82) is 0 Å². The molecule has 0 saturated carbocycles. The molecule has 1 amide bonds. The number of nitrogens with one attached hydrogen (secondary N) is 1. The predicted octanol–water partition coefficient (Wildman–Crippen LogP) is 1.96. The van der Waals surface area contributed by atoms with Crippen molar-refractivity contribution in [1.82, 2.24) is 5.32 Å². The zero-order valence-electron chi connectivity index (χ0n) is 12.1. The second kappa shape index (κ2) is 6.57. The molecule has 1 aromatic rings. The summed E-state index contributed by atoms with van der Waals surface area (Å²) in [6.45, 7) is 7.75. The van der Waals surface area contributed by atoms with Crippen LogP contribution in [0.5, 0.6) is 5.75 Å². The van der Waals surface area contributed by atoms with Crippen molar-refractivity contribution in [3.05, 3.63) is 29.3 Å². The molecule has 19 heavy (non-hydrogen) atoms. The third kappa shape index (κ3) is 5.30. The second-order valence-corrected chi connectivity index (χ2v) is 5.46. The Morgan fingerprint density at radius 3 is 2.63 bits per heavy atom. The molecule has 0 saturated heterocycles. The third-order valence-corrected chi connectivity index (χ3v) is 2.90. The molecular formula is C15H23NO3. The van der Waals surface area contributed by atoms with Crippen molar-refractivity contribution in [2.45, 2.75) is 39.7 Å². The van der Waals surface area contributed by atoms with Gasteiger partial charge >= 0.3 is 0 Å². The van der Waals surface area contributed by atoms with E-state index in [4.69, 9.17) is 9.84 Å². The van der Waals surface area contributed by atoms with Gasteiger partial charge in [0.15, 0.2) is 6.61 Å². The zero-order chi connectivity index (χ0) is 14.5. The average Bonchev–Trinajstić information content (AvgIpc) is 2.26. The van der Waals surface area contributed by atoms with E-state index < -0.39 is 5.54 Å². The Hall–Kier alpha value is -1.55. The molecule has 106 valence electrons. The topological polar surface area (TPSA) is 58.6 Å². The zero-order valence-corrected chi connectivity index (χ0v) is 12.1. The first-order valence-corrected chi connectivity index (χ1v) is 6.46. The van der Waals surface area contributed by atoms with Crippen LogP contribution in [0.3, 0.4) is 0 Å². The van der Waals surface area contributed by atoms with Crippen LogP contribution in [-0.2, 0) is 4.79 Å². The molecule has 0 spiro atoms. The van der Waals surface area contributed by atoms with E-state index in [1.54, 1.807) is 0 Å². The first-order chi connectivity index (χ1) is 8.84. The number of ether oxygens (including phenoxy) is 1. The first kappa shape index (κ1) is 15.5. The molecule has 0 bridgehead atoms. The molecule has 0 atom stereocenters. The lowest BCUT2D eigenvalue weighted by Crippen LogP contribution is -2.46. The largest absolute Gasteiger partial charge is 0.484 e. The van der Waals surface area contributed by atoms with Crippen molar-refractivity contribution < 1.29 is 14.6 Å². The summed E-state index contributed by atoms with van der Waals surface area (Å²) in [6.07, 6.45) is 0.516. The number of hydrogen-bond acceptors (Lipinski definition) is 3. The molecule has 4 heteroatoms. The smallest absolute Gasteiger partial charge is 0.258 e. The Labute approximate surface area is 114 Å². The van der Waals surface area contributed by atoms with Gasteiger partial charge in [-0.2, -0.15) is 0 Å². The normalized spacial score (nSPS) is 11.2. The highest BCUT2D eigenvalue weighted by molar-refractivity contribution is 5.78. The van der Waals surface area contributed by atoms with Crippen LogP contribution in [0, 0.1) is 13.8 Å². The molecule has 0 aliphatic rings. The number of aliphatic hydroxyl groups is 1. The van der Waals surface area contributed by atoms with Crippen LogP contribution >= 0.6 is 0 Å². The maximum atomic E-state index is 11.8. The number of hydrogen-bond donors (Lipinski definition) is 2. The van der Waals surface area contributed by atoms with Crippen LogP contribution in [0.4, 0.5) is 0 Å². The van der Waals surface area contributed by atoms with Gasteiger partial charge in [-0.25, -0.2) is 0 Å². The van der Waals surface area contributed by atoms with Crippen LogP contribution < -0.4 is 10.1 Å². The van der Waals surface area contributed by atoms with Crippen LogP contribution in [-0.4, -0.2) is 29.8 Å². The second-order valence-electron chi connectivity index (χ2n) is 5.46. The Balaban J connectivity index is 2.50. The Morgan fingerprint density at radius 2 is 2.05 bits per heavy atom. The standard InChI is InChI=1S/C15H23NO3/c1-11-5-6-13(12(2)9-11)19-10-14(18)16-15(3,4)7-8-17/h5-6,9,17H,7-8,10H2,1-4H3,(H,16,18). The van der Waals surface area contributed by atoms with E-state index >= 15 is 0 Å². The number of rotatable bonds is 6. The fourth-order valence-corrected chi connectivity index (χ4v) is 1.86. The molecule has 0 radical (unpaired) electrons. The average molecular weight is 265 g/mol. The van der Waals surface area contributed by atoms with Crippen molar-refractivity contribution in [2.75, 3.05) is 13.2 Å². The third-order valence-electron chi connectivity index (χ3n) is 2.90. The van der Waals surface area contributed by atoms with Gasteiger partial charge in [-0.3, -0.25) is 4.79 Å². The van der Waals surface area contributed by atoms with Gasteiger partial charge in [-0.15, -0.1) is 0 Å². The summed E-state index contributed by atoms with van der Waals surface area (Å²) >= 11 is 0. The highest BCUT2D eigenvalue weighted by atomic mass is 16.5. The van der Waals surface area contributed by atoms with E-state index in [2.05, 4.69) is 5.32 Å². The van der Waals surface area contributed by atoms with Gasteiger partial charge in [-0.05, 0) is 45.7 Å². The molecule has 1 aromatic carbocycles. The minimum atomic E-state index is -0.419. The molecular weight excluding hydrogens is 242 g/mol. The van der Waals surface area contributed by atoms with Crippen molar-refractivity contribution >= 4 is 5.91 Å². The van der Waals surface area contributed by atoms with Crippen LogP contribution in [0.15, 0.2) is 18.2 Å². The Morgan fingerprint density at radius 1 is 1.37 bits per heavy atom. The van der Waals surface area contributed by atoms with E-state index in [-0.39, 0.29) is 19.1 Å². The first-order valence-electron chi connectivity index (χ1n) is 6.46. The summed E-state index contributed by atoms with van der Waals surface area (Å²) in [7, 11) is 0. The monoisotopic (exact) mass is 265 g/mol. The molecule has 0 aromatic heterocycles. The fourth-order valence-electron chi connectivity index (χ4n) is 1.86. The maximum absolute atomic E-state index is 11.8.